The lowest BCUT2D eigenvalue weighted by Gasteiger charge is -2.32. The maximum Gasteiger partial charge on any atom is 0.242 e. The first-order valence-electron chi connectivity index (χ1n) is 7.84. The number of carbonyl (C=O) groups is 2. The Kier molecular flexibility index (Phi) is 5.61. The summed E-state index contributed by atoms with van der Waals surface area (Å²) in [6, 6.07) is 4.49. The number of rotatable bonds is 4. The number of aryl methyl sites for hydroxylation is 1. The first kappa shape index (κ1) is 18.4. The summed E-state index contributed by atoms with van der Waals surface area (Å²) in [7, 11) is -3.43. The molecule has 1 atom stereocenters. The largest absolute Gasteiger partial charge is 0.326 e. The molecule has 1 saturated heterocycles. The Bertz CT molecular complexity index is 746. The molecule has 0 aliphatic carbocycles. The number of nitrogens with zero attached hydrogens (tertiary/aromatic N) is 1. The number of carbonyl (C=O) groups excluding carboxylic acids is 2. The van der Waals surface area contributed by atoms with Gasteiger partial charge in [0.2, 0.25) is 21.8 Å². The van der Waals surface area contributed by atoms with E-state index >= 15 is 0 Å². The van der Waals surface area contributed by atoms with Crippen LogP contribution >= 0.6 is 0 Å². The number of sulfonamides is 1. The molecule has 132 valence electrons. The molecule has 0 spiro atoms. The third-order valence-corrected chi connectivity index (χ3v) is 5.29. The average Bonchev–Trinajstić information content (AvgIpc) is 2.49. The third-order valence-electron chi connectivity index (χ3n) is 4.00. The van der Waals surface area contributed by atoms with Crippen molar-refractivity contribution in [3.63, 3.8) is 0 Å². The Labute approximate surface area is 142 Å². The molecule has 1 heterocycles. The Balaban J connectivity index is 2.18. The predicted molar refractivity (Wildman–Crippen MR) is 93.3 cm³/mol. The highest BCUT2D eigenvalue weighted by atomic mass is 32.2. The molecule has 1 unspecified atom stereocenters. The summed E-state index contributed by atoms with van der Waals surface area (Å²) in [6.07, 6.45) is 3.20. The Morgan fingerprint density at radius 1 is 1.21 bits per heavy atom. The molecule has 1 aromatic rings. The van der Waals surface area contributed by atoms with Crippen LogP contribution in [0.3, 0.4) is 0 Å². The van der Waals surface area contributed by atoms with Crippen molar-refractivity contribution >= 4 is 33.2 Å². The molecule has 8 heteroatoms. The lowest BCUT2D eigenvalue weighted by atomic mass is 10.0. The first-order chi connectivity index (χ1) is 11.2. The van der Waals surface area contributed by atoms with E-state index in [0.717, 1.165) is 24.7 Å². The Morgan fingerprint density at radius 2 is 1.92 bits per heavy atom. The third kappa shape index (κ3) is 4.55. The highest BCUT2D eigenvalue weighted by molar-refractivity contribution is 7.88. The van der Waals surface area contributed by atoms with E-state index in [1.165, 1.54) is 11.2 Å². The molecule has 0 saturated carbocycles. The number of hydrogen-bond donors (Lipinski definition) is 2. The van der Waals surface area contributed by atoms with E-state index in [-0.39, 0.29) is 11.8 Å². The molecule has 24 heavy (non-hydrogen) atoms. The molecule has 1 aliphatic rings. The van der Waals surface area contributed by atoms with Gasteiger partial charge < -0.3 is 10.6 Å². The normalized spacial score (nSPS) is 18.9. The van der Waals surface area contributed by atoms with Crippen molar-refractivity contribution in [2.75, 3.05) is 23.4 Å². The summed E-state index contributed by atoms with van der Waals surface area (Å²) in [4.78, 5) is 23.8. The smallest absolute Gasteiger partial charge is 0.242 e. The second kappa shape index (κ2) is 7.31. The maximum atomic E-state index is 12.5. The molecule has 2 amide bonds. The number of nitrogens with one attached hydrogen (secondary N) is 2. The van der Waals surface area contributed by atoms with E-state index in [0.29, 0.717) is 24.3 Å². The van der Waals surface area contributed by atoms with Crippen LogP contribution < -0.4 is 10.6 Å². The fourth-order valence-corrected chi connectivity index (χ4v) is 3.94. The van der Waals surface area contributed by atoms with E-state index in [9.17, 15) is 18.0 Å². The molecule has 0 radical (unpaired) electrons. The van der Waals surface area contributed by atoms with Gasteiger partial charge in [-0.05, 0) is 37.5 Å². The van der Waals surface area contributed by atoms with Gasteiger partial charge in [0.25, 0.3) is 0 Å². The highest BCUT2D eigenvalue weighted by Gasteiger charge is 2.34. The summed E-state index contributed by atoms with van der Waals surface area (Å²) >= 11 is 0. The molecule has 7 nitrogen and oxygen atoms in total. The van der Waals surface area contributed by atoms with E-state index in [2.05, 4.69) is 10.6 Å². The van der Waals surface area contributed by atoms with Crippen molar-refractivity contribution in [3.8, 4) is 0 Å². The molecule has 1 aliphatic heterocycles. The fraction of sp³-hybridized carbons (Fsp3) is 0.500. The molecular formula is C16H23N3O4S. The predicted octanol–water partition coefficient (Wildman–Crippen LogP) is 1.71. The van der Waals surface area contributed by atoms with Gasteiger partial charge >= 0.3 is 0 Å². The van der Waals surface area contributed by atoms with E-state index in [1.807, 2.05) is 6.92 Å². The van der Waals surface area contributed by atoms with Gasteiger partial charge in [0.05, 0.1) is 6.26 Å². The van der Waals surface area contributed by atoms with Crippen LogP contribution in [0.2, 0.25) is 0 Å². The second-order valence-corrected chi connectivity index (χ2v) is 8.02. The van der Waals surface area contributed by atoms with Crippen molar-refractivity contribution < 1.29 is 18.0 Å². The van der Waals surface area contributed by atoms with Crippen LogP contribution in [0, 0.1) is 6.92 Å². The SMILES string of the molecule is CC(=O)Nc1cc(NC(=O)C2CCCCN2S(C)(=O)=O)ccc1C. The zero-order valence-corrected chi connectivity index (χ0v) is 14.9. The summed E-state index contributed by atoms with van der Waals surface area (Å²) in [6.45, 7) is 3.63. The Hall–Kier alpha value is -1.93. The van der Waals surface area contributed by atoms with Gasteiger partial charge in [-0.25, -0.2) is 8.42 Å². The highest BCUT2D eigenvalue weighted by Crippen LogP contribution is 2.24. The molecule has 1 fully saturated rings. The van der Waals surface area contributed by atoms with Gasteiger partial charge in [0.1, 0.15) is 6.04 Å². The minimum absolute atomic E-state index is 0.197. The van der Waals surface area contributed by atoms with Crippen molar-refractivity contribution in [1.82, 2.24) is 4.31 Å². The topological polar surface area (TPSA) is 95.6 Å². The van der Waals surface area contributed by atoms with Gasteiger partial charge in [-0.2, -0.15) is 4.31 Å². The van der Waals surface area contributed by atoms with Gasteiger partial charge in [-0.1, -0.05) is 12.5 Å². The number of amides is 2. The zero-order chi connectivity index (χ0) is 17.9. The molecule has 2 N–H and O–H groups in total. The van der Waals surface area contributed by atoms with E-state index in [4.69, 9.17) is 0 Å². The minimum atomic E-state index is -3.43. The lowest BCUT2D eigenvalue weighted by Crippen LogP contribution is -2.49. The standard InChI is InChI=1S/C16H23N3O4S/c1-11-7-8-13(10-14(11)17-12(2)20)18-16(21)15-6-4-5-9-19(15)24(3,22)23/h7-8,10,15H,4-6,9H2,1-3H3,(H,17,20)(H,18,21). The van der Waals surface area contributed by atoms with Crippen LogP contribution in [0.1, 0.15) is 31.7 Å². The second-order valence-electron chi connectivity index (χ2n) is 6.09. The van der Waals surface area contributed by atoms with Crippen molar-refractivity contribution in [2.45, 2.75) is 39.2 Å². The van der Waals surface area contributed by atoms with Crippen molar-refractivity contribution in [2.24, 2.45) is 0 Å². The summed E-state index contributed by atoms with van der Waals surface area (Å²) in [5.74, 6) is -0.546. The van der Waals surface area contributed by atoms with Gasteiger partial charge in [0, 0.05) is 24.8 Å². The van der Waals surface area contributed by atoms with Crippen LogP contribution in [0.5, 0.6) is 0 Å². The molecule has 0 aromatic heterocycles. The zero-order valence-electron chi connectivity index (χ0n) is 14.1. The van der Waals surface area contributed by atoms with Crippen molar-refractivity contribution in [1.29, 1.82) is 0 Å². The minimum Gasteiger partial charge on any atom is -0.326 e. The number of benzene rings is 1. The Morgan fingerprint density at radius 3 is 2.54 bits per heavy atom. The average molecular weight is 353 g/mol. The van der Waals surface area contributed by atoms with Gasteiger partial charge in [0.15, 0.2) is 0 Å². The maximum absolute atomic E-state index is 12.5. The quantitative estimate of drug-likeness (QED) is 0.861. The number of piperidine rings is 1. The molecular weight excluding hydrogens is 330 g/mol. The summed E-state index contributed by atoms with van der Waals surface area (Å²) in [5.41, 5.74) is 2.01. The summed E-state index contributed by atoms with van der Waals surface area (Å²) < 4.78 is 25.0. The van der Waals surface area contributed by atoms with E-state index < -0.39 is 16.1 Å². The lowest BCUT2D eigenvalue weighted by molar-refractivity contribution is -0.120. The van der Waals surface area contributed by atoms with Crippen LogP contribution in [0.4, 0.5) is 11.4 Å². The van der Waals surface area contributed by atoms with Crippen LogP contribution in [0.15, 0.2) is 18.2 Å². The van der Waals surface area contributed by atoms with Crippen LogP contribution in [0.25, 0.3) is 0 Å². The van der Waals surface area contributed by atoms with Crippen LogP contribution in [-0.2, 0) is 19.6 Å². The van der Waals surface area contributed by atoms with Gasteiger partial charge in [-0.15, -0.1) is 0 Å². The van der Waals surface area contributed by atoms with Crippen molar-refractivity contribution in [3.05, 3.63) is 23.8 Å². The summed E-state index contributed by atoms with van der Waals surface area (Å²) in [5, 5.41) is 5.46. The van der Waals surface area contributed by atoms with E-state index in [1.54, 1.807) is 18.2 Å². The molecule has 0 bridgehead atoms. The fourth-order valence-electron chi connectivity index (χ4n) is 2.81. The van der Waals surface area contributed by atoms with Crippen LogP contribution in [-0.4, -0.2) is 43.4 Å². The molecule has 2 rings (SSSR count). The van der Waals surface area contributed by atoms with Gasteiger partial charge in [-0.3, -0.25) is 9.59 Å². The number of anilines is 2. The number of hydrogen-bond acceptors (Lipinski definition) is 4. The first-order valence-corrected chi connectivity index (χ1v) is 9.69. The monoisotopic (exact) mass is 353 g/mol. The molecule has 1 aromatic carbocycles.